The summed E-state index contributed by atoms with van der Waals surface area (Å²) in [6, 6.07) is 0. The molecule has 0 heterocycles. The predicted octanol–water partition coefficient (Wildman–Crippen LogP) is -0.280. The molecule has 0 aromatic heterocycles. The molecule has 0 saturated carbocycles. The van der Waals surface area contributed by atoms with E-state index in [1.807, 2.05) is 0 Å². The molecule has 0 rings (SSSR count). The molecule has 0 aromatic carbocycles. The van der Waals surface area contributed by atoms with Gasteiger partial charge < -0.3 is 11.1 Å². The van der Waals surface area contributed by atoms with E-state index < -0.39 is 0 Å². The van der Waals surface area contributed by atoms with Crippen molar-refractivity contribution in [1.82, 2.24) is 0 Å². The molecule has 3 N–H and O–H groups in total. The summed E-state index contributed by atoms with van der Waals surface area (Å²) in [4.78, 5) is 9.60. The lowest BCUT2D eigenvalue weighted by atomic mass is 10.3. The van der Waals surface area contributed by atoms with Crippen molar-refractivity contribution in [1.29, 1.82) is 5.41 Å². The van der Waals surface area contributed by atoms with E-state index in [0.717, 1.165) is 0 Å². The van der Waals surface area contributed by atoms with Gasteiger partial charge in [0.1, 0.15) is 6.29 Å². The molecular formula is C5H8N2O. The quantitative estimate of drug-likeness (QED) is 0.299. The highest BCUT2D eigenvalue weighted by Crippen LogP contribution is 1.69. The highest BCUT2D eigenvalue weighted by Gasteiger charge is 1.79. The van der Waals surface area contributed by atoms with Gasteiger partial charge in [-0.05, 0) is 12.2 Å². The monoisotopic (exact) mass is 112 g/mol. The molecule has 0 unspecified atom stereocenters. The van der Waals surface area contributed by atoms with E-state index in [0.29, 0.717) is 6.29 Å². The lowest BCUT2D eigenvalue weighted by Gasteiger charge is -1.83. The van der Waals surface area contributed by atoms with Crippen LogP contribution in [0.4, 0.5) is 0 Å². The van der Waals surface area contributed by atoms with Crippen LogP contribution in [0.5, 0.6) is 0 Å². The molecule has 3 heteroatoms. The van der Waals surface area contributed by atoms with E-state index in [4.69, 9.17) is 11.1 Å². The number of allylic oxidation sites excluding steroid dienone is 1. The number of hydrogen-bond donors (Lipinski definition) is 2. The fourth-order valence-electron chi connectivity index (χ4n) is 0.223. The van der Waals surface area contributed by atoms with Crippen molar-refractivity contribution < 1.29 is 4.79 Å². The normalized spacial score (nSPS) is 9.62. The lowest BCUT2D eigenvalue weighted by molar-refractivity contribution is -0.104. The Morgan fingerprint density at radius 1 is 1.75 bits per heavy atom. The van der Waals surface area contributed by atoms with Gasteiger partial charge in [-0.1, -0.05) is 0 Å². The molecule has 0 amide bonds. The average molecular weight is 112 g/mol. The van der Waals surface area contributed by atoms with E-state index in [1.54, 1.807) is 0 Å². The number of hydrogen-bond acceptors (Lipinski definition) is 3. The molecule has 8 heavy (non-hydrogen) atoms. The van der Waals surface area contributed by atoms with Crippen LogP contribution in [-0.2, 0) is 4.79 Å². The molecule has 0 saturated heterocycles. The summed E-state index contributed by atoms with van der Waals surface area (Å²) in [6.07, 6.45) is 3.23. The maximum absolute atomic E-state index is 9.60. The van der Waals surface area contributed by atoms with Gasteiger partial charge in [-0.15, -0.1) is 0 Å². The highest BCUT2D eigenvalue weighted by atomic mass is 16.1. The third kappa shape index (κ3) is 3.24. The summed E-state index contributed by atoms with van der Waals surface area (Å²) in [5, 5.41) is 6.87. The molecular weight excluding hydrogens is 104 g/mol. The zero-order valence-corrected chi connectivity index (χ0v) is 4.42. The molecule has 0 aromatic rings. The Morgan fingerprint density at radius 3 is 2.75 bits per heavy atom. The first-order valence-corrected chi connectivity index (χ1v) is 2.20. The smallest absolute Gasteiger partial charge is 0.142 e. The van der Waals surface area contributed by atoms with E-state index in [-0.39, 0.29) is 12.3 Å². The fraction of sp³-hybridized carbons (Fsp3) is 0.200. The number of rotatable bonds is 3. The van der Waals surface area contributed by atoms with Crippen molar-refractivity contribution in [2.45, 2.75) is 0 Å². The maximum atomic E-state index is 9.60. The van der Waals surface area contributed by atoms with Crippen molar-refractivity contribution in [3.05, 3.63) is 12.2 Å². The molecule has 0 atom stereocenters. The summed E-state index contributed by atoms with van der Waals surface area (Å²) in [6.45, 7) is 0.185. The van der Waals surface area contributed by atoms with Crippen LogP contribution in [0.15, 0.2) is 12.2 Å². The minimum Gasteiger partial charge on any atom is -0.325 e. The summed E-state index contributed by atoms with van der Waals surface area (Å²) < 4.78 is 0. The number of aldehydes is 1. The Labute approximate surface area is 47.7 Å². The zero-order valence-electron chi connectivity index (χ0n) is 4.42. The van der Waals surface area contributed by atoms with Gasteiger partial charge in [-0.3, -0.25) is 4.79 Å². The molecule has 0 bridgehead atoms. The minimum absolute atomic E-state index is 0.185. The van der Waals surface area contributed by atoms with E-state index in [2.05, 4.69) is 0 Å². The second-order valence-corrected chi connectivity index (χ2v) is 1.22. The van der Waals surface area contributed by atoms with Crippen LogP contribution in [-0.4, -0.2) is 18.5 Å². The first-order chi connectivity index (χ1) is 3.81. The minimum atomic E-state index is 0.185. The summed E-state index contributed by atoms with van der Waals surface area (Å²) in [5.41, 5.74) is 5.28. The molecule has 44 valence electrons. The van der Waals surface area contributed by atoms with Gasteiger partial charge >= 0.3 is 0 Å². The largest absolute Gasteiger partial charge is 0.325 e. The van der Waals surface area contributed by atoms with Gasteiger partial charge in [0.05, 0.1) is 0 Å². The molecule has 0 spiro atoms. The molecule has 0 aliphatic carbocycles. The molecule has 0 radical (unpaired) electrons. The van der Waals surface area contributed by atoms with Crippen molar-refractivity contribution in [3.8, 4) is 0 Å². The summed E-state index contributed by atoms with van der Waals surface area (Å²) >= 11 is 0. The van der Waals surface area contributed by atoms with Crippen molar-refractivity contribution in [2.24, 2.45) is 5.73 Å². The van der Waals surface area contributed by atoms with Crippen LogP contribution in [0.2, 0.25) is 0 Å². The van der Waals surface area contributed by atoms with Gasteiger partial charge in [0, 0.05) is 12.3 Å². The second-order valence-electron chi connectivity index (χ2n) is 1.22. The SMILES string of the molecule is N=C(/C=C/C=O)CN. The van der Waals surface area contributed by atoms with Crippen LogP contribution in [0.25, 0.3) is 0 Å². The number of carbonyl (C=O) groups excluding carboxylic acids is 1. The maximum Gasteiger partial charge on any atom is 0.142 e. The van der Waals surface area contributed by atoms with Crippen LogP contribution in [0.3, 0.4) is 0 Å². The third-order valence-electron chi connectivity index (χ3n) is 0.596. The Bertz CT molecular complexity index is 118. The second kappa shape index (κ2) is 4.21. The summed E-state index contributed by atoms with van der Waals surface area (Å²) in [7, 11) is 0. The van der Waals surface area contributed by atoms with Crippen molar-refractivity contribution in [2.75, 3.05) is 6.54 Å². The Hall–Kier alpha value is -0.960. The highest BCUT2D eigenvalue weighted by molar-refractivity contribution is 5.96. The molecule has 3 nitrogen and oxygen atoms in total. The van der Waals surface area contributed by atoms with E-state index in [9.17, 15) is 4.79 Å². The van der Waals surface area contributed by atoms with Gasteiger partial charge in [0.25, 0.3) is 0 Å². The predicted molar refractivity (Wildman–Crippen MR) is 32.0 cm³/mol. The van der Waals surface area contributed by atoms with Crippen LogP contribution in [0, 0.1) is 5.41 Å². The number of nitrogens with one attached hydrogen (secondary N) is 1. The van der Waals surface area contributed by atoms with Crippen molar-refractivity contribution >= 4 is 12.0 Å². The van der Waals surface area contributed by atoms with Crippen LogP contribution < -0.4 is 5.73 Å². The van der Waals surface area contributed by atoms with E-state index in [1.165, 1.54) is 12.2 Å². The topological polar surface area (TPSA) is 66.9 Å². The first-order valence-electron chi connectivity index (χ1n) is 2.20. The van der Waals surface area contributed by atoms with Gasteiger partial charge in [0.2, 0.25) is 0 Å². The average Bonchev–Trinajstić information content (AvgIpc) is 1.83. The molecule has 0 aliphatic rings. The number of nitrogens with two attached hydrogens (primary N) is 1. The standard InChI is InChI=1S/C5H8N2O/c6-4-5(7)2-1-3-8/h1-3,7H,4,6H2/b2-1+,7-5?. The fourth-order valence-corrected chi connectivity index (χ4v) is 0.223. The van der Waals surface area contributed by atoms with Crippen LogP contribution in [0.1, 0.15) is 0 Å². The Kier molecular flexibility index (Phi) is 3.70. The molecule has 0 fully saturated rings. The van der Waals surface area contributed by atoms with Gasteiger partial charge in [-0.2, -0.15) is 0 Å². The van der Waals surface area contributed by atoms with E-state index >= 15 is 0 Å². The third-order valence-corrected chi connectivity index (χ3v) is 0.596. The Balaban J connectivity index is 3.52. The van der Waals surface area contributed by atoms with Gasteiger partial charge in [0.15, 0.2) is 0 Å². The molecule has 0 aliphatic heterocycles. The first kappa shape index (κ1) is 7.04. The van der Waals surface area contributed by atoms with Crippen molar-refractivity contribution in [3.63, 3.8) is 0 Å². The Morgan fingerprint density at radius 2 is 2.38 bits per heavy atom. The lowest BCUT2D eigenvalue weighted by Crippen LogP contribution is -2.09. The van der Waals surface area contributed by atoms with Crippen LogP contribution >= 0.6 is 0 Å². The number of carbonyl (C=O) groups is 1. The van der Waals surface area contributed by atoms with Gasteiger partial charge in [-0.25, -0.2) is 0 Å². The zero-order chi connectivity index (χ0) is 6.41. The summed E-state index contributed by atoms with van der Waals surface area (Å²) in [5.74, 6) is 0.